The van der Waals surface area contributed by atoms with Crippen LogP contribution < -0.4 is 4.72 Å². The Morgan fingerprint density at radius 3 is 2.59 bits per heavy atom. The van der Waals surface area contributed by atoms with E-state index in [4.69, 9.17) is 4.74 Å². The minimum Gasteiger partial charge on any atom is -0.462 e. The van der Waals surface area contributed by atoms with Gasteiger partial charge in [-0.05, 0) is 62.8 Å². The third kappa shape index (κ3) is 6.90. The lowest BCUT2D eigenvalue weighted by Gasteiger charge is -2.34. The summed E-state index contributed by atoms with van der Waals surface area (Å²) in [5.41, 5.74) is 0.244. The van der Waals surface area contributed by atoms with Crippen molar-refractivity contribution in [3.05, 3.63) is 29.8 Å². The van der Waals surface area contributed by atoms with E-state index in [9.17, 15) is 13.2 Å². The average Bonchev–Trinajstić information content (AvgIpc) is 2.61. The summed E-state index contributed by atoms with van der Waals surface area (Å²) in [5, 5.41) is 0. The molecule has 0 bridgehead atoms. The molecule has 27 heavy (non-hydrogen) atoms. The van der Waals surface area contributed by atoms with Gasteiger partial charge in [-0.15, -0.1) is 0 Å². The summed E-state index contributed by atoms with van der Waals surface area (Å²) < 4.78 is 32.4. The number of hydrogen-bond acceptors (Lipinski definition) is 5. The van der Waals surface area contributed by atoms with E-state index in [0.717, 1.165) is 44.3 Å². The fraction of sp³-hybridized carbons (Fsp3) is 0.650. The second kappa shape index (κ2) is 10.2. The molecular formula is C20H32N2O4S. The minimum atomic E-state index is -3.63. The van der Waals surface area contributed by atoms with Crippen LogP contribution in [0.15, 0.2) is 29.2 Å². The number of ether oxygens (including phenoxy) is 1. The number of hydrogen-bond donors (Lipinski definition) is 1. The number of sulfonamides is 1. The van der Waals surface area contributed by atoms with E-state index < -0.39 is 16.0 Å². The van der Waals surface area contributed by atoms with Gasteiger partial charge in [-0.1, -0.05) is 19.9 Å². The SMILES string of the molecule is CCOC(=O)c1cccc(S(=O)(=O)NCCCCN2CC(C)CC(C)C2)c1. The van der Waals surface area contributed by atoms with Crippen LogP contribution in [0.5, 0.6) is 0 Å². The molecule has 0 amide bonds. The van der Waals surface area contributed by atoms with E-state index in [1.807, 2.05) is 0 Å². The zero-order chi connectivity index (χ0) is 19.9. The third-order valence-corrected chi connectivity index (χ3v) is 6.25. The van der Waals surface area contributed by atoms with Gasteiger partial charge in [0.25, 0.3) is 0 Å². The molecule has 0 aromatic heterocycles. The van der Waals surface area contributed by atoms with Gasteiger partial charge in [0.1, 0.15) is 0 Å². The highest BCUT2D eigenvalue weighted by molar-refractivity contribution is 7.89. The number of carbonyl (C=O) groups is 1. The number of rotatable bonds is 9. The highest BCUT2D eigenvalue weighted by Crippen LogP contribution is 2.21. The Kier molecular flexibility index (Phi) is 8.26. The molecule has 0 saturated carbocycles. The first-order valence-electron chi connectivity index (χ1n) is 9.81. The van der Waals surface area contributed by atoms with Crippen molar-refractivity contribution < 1.29 is 17.9 Å². The summed E-state index contributed by atoms with van der Waals surface area (Å²) >= 11 is 0. The molecule has 1 aliphatic rings. The van der Waals surface area contributed by atoms with Crippen LogP contribution in [0.3, 0.4) is 0 Å². The van der Waals surface area contributed by atoms with Crippen LogP contribution in [0.25, 0.3) is 0 Å². The van der Waals surface area contributed by atoms with Crippen LogP contribution in [-0.4, -0.2) is 52.1 Å². The molecule has 1 N–H and O–H groups in total. The first-order valence-corrected chi connectivity index (χ1v) is 11.3. The molecule has 152 valence electrons. The molecule has 7 heteroatoms. The Labute approximate surface area is 163 Å². The van der Waals surface area contributed by atoms with E-state index in [0.29, 0.717) is 6.54 Å². The molecule has 0 spiro atoms. The van der Waals surface area contributed by atoms with Crippen LogP contribution in [0, 0.1) is 11.8 Å². The predicted octanol–water partition coefficient (Wildman–Crippen LogP) is 2.90. The topological polar surface area (TPSA) is 75.7 Å². The van der Waals surface area contributed by atoms with Crippen molar-refractivity contribution in [1.29, 1.82) is 0 Å². The van der Waals surface area contributed by atoms with Gasteiger partial charge in [-0.2, -0.15) is 0 Å². The van der Waals surface area contributed by atoms with E-state index in [-0.39, 0.29) is 17.1 Å². The van der Waals surface area contributed by atoms with Crippen molar-refractivity contribution in [2.75, 3.05) is 32.8 Å². The smallest absolute Gasteiger partial charge is 0.338 e. The fourth-order valence-corrected chi connectivity index (χ4v) is 4.85. The van der Waals surface area contributed by atoms with E-state index in [1.165, 1.54) is 18.6 Å². The van der Waals surface area contributed by atoms with Crippen LogP contribution in [-0.2, 0) is 14.8 Å². The van der Waals surface area contributed by atoms with Gasteiger partial charge in [-0.3, -0.25) is 0 Å². The maximum atomic E-state index is 12.4. The van der Waals surface area contributed by atoms with Crippen LogP contribution in [0.4, 0.5) is 0 Å². The highest BCUT2D eigenvalue weighted by Gasteiger charge is 2.21. The van der Waals surface area contributed by atoms with Gasteiger partial charge in [0.15, 0.2) is 0 Å². The zero-order valence-electron chi connectivity index (χ0n) is 16.6. The molecule has 1 aromatic carbocycles. The Hall–Kier alpha value is -1.44. The second-order valence-electron chi connectivity index (χ2n) is 7.56. The molecule has 2 rings (SSSR count). The summed E-state index contributed by atoms with van der Waals surface area (Å²) in [6, 6.07) is 5.95. The molecule has 1 heterocycles. The summed E-state index contributed by atoms with van der Waals surface area (Å²) in [4.78, 5) is 14.3. The predicted molar refractivity (Wildman–Crippen MR) is 106 cm³/mol. The number of likely N-dealkylation sites (tertiary alicyclic amines) is 1. The molecular weight excluding hydrogens is 364 g/mol. The lowest BCUT2D eigenvalue weighted by Crippen LogP contribution is -2.39. The van der Waals surface area contributed by atoms with E-state index in [1.54, 1.807) is 19.1 Å². The molecule has 0 radical (unpaired) electrons. The maximum absolute atomic E-state index is 12.4. The van der Waals surface area contributed by atoms with Crippen molar-refractivity contribution >= 4 is 16.0 Å². The summed E-state index contributed by atoms with van der Waals surface area (Å²) in [5.74, 6) is 0.956. The number of carbonyl (C=O) groups excluding carboxylic acids is 1. The third-order valence-electron chi connectivity index (χ3n) is 4.79. The van der Waals surface area contributed by atoms with Crippen molar-refractivity contribution in [2.24, 2.45) is 11.8 Å². The largest absolute Gasteiger partial charge is 0.462 e. The highest BCUT2D eigenvalue weighted by atomic mass is 32.2. The van der Waals surface area contributed by atoms with Gasteiger partial charge >= 0.3 is 5.97 Å². The quantitative estimate of drug-likeness (QED) is 0.513. The number of piperidine rings is 1. The molecule has 1 aliphatic heterocycles. The maximum Gasteiger partial charge on any atom is 0.338 e. The number of benzene rings is 1. The van der Waals surface area contributed by atoms with Crippen molar-refractivity contribution in [1.82, 2.24) is 9.62 Å². The number of unbranched alkanes of at least 4 members (excludes halogenated alkanes) is 1. The van der Waals surface area contributed by atoms with Crippen LogP contribution >= 0.6 is 0 Å². The van der Waals surface area contributed by atoms with Crippen LogP contribution in [0.2, 0.25) is 0 Å². The number of nitrogens with one attached hydrogen (secondary N) is 1. The van der Waals surface area contributed by atoms with E-state index >= 15 is 0 Å². The van der Waals surface area contributed by atoms with Crippen molar-refractivity contribution in [3.63, 3.8) is 0 Å². The molecule has 1 fully saturated rings. The number of nitrogens with zero attached hydrogens (tertiary/aromatic N) is 1. The van der Waals surface area contributed by atoms with Gasteiger partial charge < -0.3 is 9.64 Å². The van der Waals surface area contributed by atoms with Gasteiger partial charge in [0.05, 0.1) is 17.1 Å². The Morgan fingerprint density at radius 2 is 1.93 bits per heavy atom. The summed E-state index contributed by atoms with van der Waals surface area (Å²) in [7, 11) is -3.63. The van der Waals surface area contributed by atoms with Crippen molar-refractivity contribution in [3.8, 4) is 0 Å². The van der Waals surface area contributed by atoms with Crippen molar-refractivity contribution in [2.45, 2.75) is 44.9 Å². The molecule has 0 aliphatic carbocycles. The second-order valence-corrected chi connectivity index (χ2v) is 9.33. The fourth-order valence-electron chi connectivity index (χ4n) is 3.73. The summed E-state index contributed by atoms with van der Waals surface area (Å²) in [6.07, 6.45) is 3.04. The average molecular weight is 397 g/mol. The van der Waals surface area contributed by atoms with Crippen LogP contribution in [0.1, 0.15) is 50.4 Å². The normalized spacial score (nSPS) is 21.1. The molecule has 1 saturated heterocycles. The zero-order valence-corrected chi connectivity index (χ0v) is 17.4. The molecule has 2 atom stereocenters. The number of esters is 1. The Bertz CT molecular complexity index is 710. The Balaban J connectivity index is 1.79. The van der Waals surface area contributed by atoms with E-state index in [2.05, 4.69) is 23.5 Å². The monoisotopic (exact) mass is 396 g/mol. The molecule has 2 unspecified atom stereocenters. The standard InChI is InChI=1S/C20H32N2O4S/c1-4-26-20(23)18-8-7-9-19(13-18)27(24,25)21-10-5-6-11-22-14-16(2)12-17(3)15-22/h7-9,13,16-17,21H,4-6,10-12,14-15H2,1-3H3. The Morgan fingerprint density at radius 1 is 1.22 bits per heavy atom. The summed E-state index contributed by atoms with van der Waals surface area (Å²) in [6.45, 7) is 10.2. The molecule has 6 nitrogen and oxygen atoms in total. The van der Waals surface area contributed by atoms with Gasteiger partial charge in [0.2, 0.25) is 10.0 Å². The van der Waals surface area contributed by atoms with Gasteiger partial charge in [0, 0.05) is 19.6 Å². The lowest BCUT2D eigenvalue weighted by molar-refractivity contribution is 0.0526. The first-order chi connectivity index (χ1) is 12.8. The molecule has 1 aromatic rings. The lowest BCUT2D eigenvalue weighted by atomic mass is 9.92. The first kappa shape index (κ1) is 21.9. The minimum absolute atomic E-state index is 0.0896. The van der Waals surface area contributed by atoms with Gasteiger partial charge in [-0.25, -0.2) is 17.9 Å².